The topological polar surface area (TPSA) is 66.8 Å². The molecule has 0 aliphatic rings. The molecule has 0 aromatic heterocycles. The summed E-state index contributed by atoms with van der Waals surface area (Å²) in [4.78, 5) is 16.8. The summed E-state index contributed by atoms with van der Waals surface area (Å²) in [5.74, 6) is -1.23. The number of alkyl halides is 6. The van der Waals surface area contributed by atoms with Gasteiger partial charge < -0.3 is 4.52 Å². The molecular weight excluding hydrogens is 305 g/mol. The molecule has 2 N–H and O–H groups in total. The van der Waals surface area contributed by atoms with Crippen LogP contribution in [0.4, 0.5) is 26.3 Å². The van der Waals surface area contributed by atoms with Crippen molar-refractivity contribution >= 4 is 7.82 Å². The molecule has 0 fully saturated rings. The zero-order chi connectivity index (χ0) is 15.1. The van der Waals surface area contributed by atoms with Crippen molar-refractivity contribution in [2.24, 2.45) is 0 Å². The van der Waals surface area contributed by atoms with Crippen LogP contribution in [0.2, 0.25) is 0 Å². The molecule has 0 spiro atoms. The quantitative estimate of drug-likeness (QED) is 0.650. The average molecular weight is 310 g/mol. The molecule has 11 heteroatoms. The Morgan fingerprint density at radius 1 is 0.895 bits per heavy atom. The smallest absolute Gasteiger partial charge is 0.404 e. The summed E-state index contributed by atoms with van der Waals surface area (Å²) >= 11 is 0. The molecule has 0 saturated heterocycles. The molecule has 0 aliphatic carbocycles. The predicted octanol–water partition coefficient (Wildman–Crippen LogP) is 3.20. The van der Waals surface area contributed by atoms with Crippen LogP contribution in [0.15, 0.2) is 18.2 Å². The summed E-state index contributed by atoms with van der Waals surface area (Å²) in [5, 5.41) is 0. The lowest BCUT2D eigenvalue weighted by Gasteiger charge is -2.14. The number of benzene rings is 1. The van der Waals surface area contributed by atoms with E-state index in [1.54, 1.807) is 0 Å². The number of hydrogen-bond acceptors (Lipinski definition) is 2. The van der Waals surface area contributed by atoms with Crippen molar-refractivity contribution in [1.29, 1.82) is 0 Å². The molecule has 0 radical (unpaired) electrons. The lowest BCUT2D eigenvalue weighted by atomic mass is 10.1. The monoisotopic (exact) mass is 310 g/mol. The van der Waals surface area contributed by atoms with Gasteiger partial charge in [-0.15, -0.1) is 0 Å². The molecule has 0 unspecified atom stereocenters. The third kappa shape index (κ3) is 4.73. The van der Waals surface area contributed by atoms with E-state index >= 15 is 0 Å². The van der Waals surface area contributed by atoms with Gasteiger partial charge >= 0.3 is 20.2 Å². The summed E-state index contributed by atoms with van der Waals surface area (Å²) in [5.41, 5.74) is -3.46. The fourth-order valence-electron chi connectivity index (χ4n) is 1.12. The van der Waals surface area contributed by atoms with Crippen LogP contribution in [0.25, 0.3) is 0 Å². The van der Waals surface area contributed by atoms with E-state index in [0.29, 0.717) is 0 Å². The van der Waals surface area contributed by atoms with Crippen molar-refractivity contribution in [2.45, 2.75) is 12.4 Å². The Hall–Kier alpha value is -1.25. The molecule has 0 aliphatic heterocycles. The van der Waals surface area contributed by atoms with Gasteiger partial charge in [0.05, 0.1) is 11.1 Å². The molecule has 0 amide bonds. The highest BCUT2D eigenvalue weighted by molar-refractivity contribution is 7.46. The van der Waals surface area contributed by atoms with Crippen molar-refractivity contribution in [1.82, 2.24) is 0 Å². The van der Waals surface area contributed by atoms with Gasteiger partial charge in [-0.3, -0.25) is 9.79 Å². The summed E-state index contributed by atoms with van der Waals surface area (Å²) in [6, 6.07) is -0.0603. The average Bonchev–Trinajstić information content (AvgIpc) is 2.11. The Bertz CT molecular complexity index is 485. The van der Waals surface area contributed by atoms with Crippen molar-refractivity contribution in [3.05, 3.63) is 29.3 Å². The van der Waals surface area contributed by atoms with Crippen LogP contribution in [-0.2, 0) is 16.9 Å². The fraction of sp³-hybridized carbons (Fsp3) is 0.250. The lowest BCUT2D eigenvalue weighted by molar-refractivity contribution is -0.143. The second-order valence-electron chi connectivity index (χ2n) is 3.32. The minimum Gasteiger partial charge on any atom is -0.404 e. The Balaban J connectivity index is 3.37. The van der Waals surface area contributed by atoms with E-state index in [0.717, 1.165) is 0 Å². The standard InChI is InChI=1S/C8H5F6O4P/c9-7(10,11)4-1-5(8(12,13)14)3-6(2-4)18-19(15,16)17/h1-3H,(H2,15,16,17). The first kappa shape index (κ1) is 15.8. The molecule has 0 heterocycles. The van der Waals surface area contributed by atoms with Gasteiger partial charge in [-0.05, 0) is 18.2 Å². The van der Waals surface area contributed by atoms with Gasteiger partial charge in [0.25, 0.3) is 0 Å². The van der Waals surface area contributed by atoms with E-state index in [-0.39, 0.29) is 18.2 Å². The summed E-state index contributed by atoms with van der Waals surface area (Å²) in [6.07, 6.45) is -10.2. The highest BCUT2D eigenvalue weighted by atomic mass is 31.2. The minimum atomic E-state index is -5.27. The Labute approximate surface area is 101 Å². The summed E-state index contributed by atoms with van der Waals surface area (Å²) < 4.78 is 88.3. The Morgan fingerprint density at radius 3 is 1.53 bits per heavy atom. The maximum Gasteiger partial charge on any atom is 0.524 e. The van der Waals surface area contributed by atoms with E-state index in [4.69, 9.17) is 9.79 Å². The molecule has 0 atom stereocenters. The molecule has 19 heavy (non-hydrogen) atoms. The van der Waals surface area contributed by atoms with Crippen molar-refractivity contribution in [2.75, 3.05) is 0 Å². The van der Waals surface area contributed by atoms with E-state index in [1.807, 2.05) is 0 Å². The molecule has 1 aromatic carbocycles. The summed E-state index contributed by atoms with van der Waals surface area (Å²) in [6.45, 7) is 0. The zero-order valence-electron chi connectivity index (χ0n) is 8.66. The van der Waals surface area contributed by atoms with Crippen LogP contribution in [0.1, 0.15) is 11.1 Å². The molecule has 0 saturated carbocycles. The van der Waals surface area contributed by atoms with Crippen LogP contribution in [0.3, 0.4) is 0 Å². The predicted molar refractivity (Wildman–Crippen MR) is 49.1 cm³/mol. The number of phosphoric acid groups is 1. The lowest BCUT2D eigenvalue weighted by Crippen LogP contribution is -2.11. The molecule has 1 aromatic rings. The van der Waals surface area contributed by atoms with E-state index < -0.39 is 37.1 Å². The second kappa shape index (κ2) is 4.69. The SMILES string of the molecule is O=P(O)(O)Oc1cc(C(F)(F)F)cc(C(F)(F)F)c1. The van der Waals surface area contributed by atoms with Crippen LogP contribution in [0.5, 0.6) is 5.75 Å². The maximum absolute atomic E-state index is 12.4. The summed E-state index contributed by atoms with van der Waals surface area (Å²) in [7, 11) is -5.27. The van der Waals surface area contributed by atoms with Gasteiger partial charge in [-0.2, -0.15) is 26.3 Å². The molecule has 4 nitrogen and oxygen atoms in total. The number of hydrogen-bond donors (Lipinski definition) is 2. The second-order valence-corrected chi connectivity index (χ2v) is 4.49. The molecule has 108 valence electrons. The highest BCUT2D eigenvalue weighted by Gasteiger charge is 2.37. The largest absolute Gasteiger partial charge is 0.524 e. The zero-order valence-corrected chi connectivity index (χ0v) is 9.55. The minimum absolute atomic E-state index is 0.0638. The third-order valence-electron chi connectivity index (χ3n) is 1.79. The highest BCUT2D eigenvalue weighted by Crippen LogP contribution is 2.43. The molecule has 0 bridgehead atoms. The first-order valence-corrected chi connectivity index (χ1v) is 5.87. The fourth-order valence-corrected chi connectivity index (χ4v) is 1.50. The normalized spacial score (nSPS) is 13.5. The van der Waals surface area contributed by atoms with Crippen molar-refractivity contribution in [3.8, 4) is 5.75 Å². The van der Waals surface area contributed by atoms with Gasteiger partial charge in [0, 0.05) is 0 Å². The van der Waals surface area contributed by atoms with Crippen molar-refractivity contribution in [3.63, 3.8) is 0 Å². The van der Waals surface area contributed by atoms with Crippen LogP contribution >= 0.6 is 7.82 Å². The Morgan fingerprint density at radius 2 is 1.26 bits per heavy atom. The number of rotatable bonds is 2. The van der Waals surface area contributed by atoms with Crippen LogP contribution in [-0.4, -0.2) is 9.79 Å². The third-order valence-corrected chi connectivity index (χ3v) is 2.23. The Kier molecular flexibility index (Phi) is 3.91. The molecular formula is C8H5F6O4P. The van der Waals surface area contributed by atoms with Gasteiger partial charge in [0.2, 0.25) is 0 Å². The number of halogens is 6. The first-order valence-electron chi connectivity index (χ1n) is 4.34. The molecule has 1 rings (SSSR count). The van der Waals surface area contributed by atoms with Crippen molar-refractivity contribution < 1.29 is 45.2 Å². The van der Waals surface area contributed by atoms with E-state index in [1.165, 1.54) is 0 Å². The van der Waals surface area contributed by atoms with Gasteiger partial charge in [0.15, 0.2) is 0 Å². The van der Waals surface area contributed by atoms with E-state index in [2.05, 4.69) is 4.52 Å². The number of phosphoric ester groups is 1. The maximum atomic E-state index is 12.4. The van der Waals surface area contributed by atoms with Gasteiger partial charge in [0.1, 0.15) is 5.75 Å². The van der Waals surface area contributed by atoms with Gasteiger partial charge in [-0.1, -0.05) is 0 Å². The van der Waals surface area contributed by atoms with E-state index in [9.17, 15) is 30.9 Å². The van der Waals surface area contributed by atoms with Crippen LogP contribution in [0, 0.1) is 0 Å². The first-order chi connectivity index (χ1) is 8.29. The van der Waals surface area contributed by atoms with Crippen LogP contribution < -0.4 is 4.52 Å². The van der Waals surface area contributed by atoms with Gasteiger partial charge in [-0.25, -0.2) is 4.57 Å².